The second-order valence-electron chi connectivity index (χ2n) is 11.3. The molecule has 49 heavy (non-hydrogen) atoms. The van der Waals surface area contributed by atoms with Crippen LogP contribution in [0.3, 0.4) is 0 Å². The summed E-state index contributed by atoms with van der Waals surface area (Å²) in [6.45, 7) is 12.6. The molecule has 1 aliphatic rings. The van der Waals surface area contributed by atoms with Crippen LogP contribution in [-0.4, -0.2) is 83.1 Å². The van der Waals surface area contributed by atoms with E-state index in [1.807, 2.05) is 19.1 Å². The highest BCUT2D eigenvalue weighted by atomic mass is 35.5. The molecule has 4 aromatic rings. The maximum absolute atomic E-state index is 14.4. The number of hydrogen-bond acceptors (Lipinski definition) is 9. The van der Waals surface area contributed by atoms with Crippen molar-refractivity contribution in [1.29, 1.82) is 0 Å². The number of carbonyl (C=O) groups excluding carboxylic acids is 2. The summed E-state index contributed by atoms with van der Waals surface area (Å²) < 4.78 is 12.5. The predicted molar refractivity (Wildman–Crippen MR) is 193 cm³/mol. The van der Waals surface area contributed by atoms with E-state index >= 15 is 0 Å². The number of fused-ring (bicyclic) bond motifs is 1. The number of anilines is 3. The summed E-state index contributed by atoms with van der Waals surface area (Å²) in [5.41, 5.74) is 2.48. The predicted octanol–water partition coefficient (Wildman–Crippen LogP) is 5.68. The van der Waals surface area contributed by atoms with Crippen LogP contribution in [0, 0.1) is 6.92 Å². The Kier molecular flexibility index (Phi) is 11.2. The third-order valence-corrected chi connectivity index (χ3v) is 9.09. The van der Waals surface area contributed by atoms with E-state index in [0.29, 0.717) is 79.6 Å². The number of para-hydroxylation sites is 1. The van der Waals surface area contributed by atoms with Gasteiger partial charge in [0.2, 0.25) is 17.8 Å². The van der Waals surface area contributed by atoms with Crippen molar-refractivity contribution in [3.63, 3.8) is 0 Å². The van der Waals surface area contributed by atoms with Gasteiger partial charge in [0.1, 0.15) is 17.1 Å². The van der Waals surface area contributed by atoms with E-state index in [0.717, 1.165) is 5.56 Å². The van der Waals surface area contributed by atoms with Gasteiger partial charge in [-0.05, 0) is 49.7 Å². The summed E-state index contributed by atoms with van der Waals surface area (Å²) in [4.78, 5) is 51.9. The smallest absolute Gasteiger partial charge is 0.260 e. The van der Waals surface area contributed by atoms with Gasteiger partial charge in [0.15, 0.2) is 0 Å². The molecule has 2 aromatic heterocycles. The minimum absolute atomic E-state index is 0.0778. The average molecular weight is 707 g/mol. The van der Waals surface area contributed by atoms with E-state index in [-0.39, 0.29) is 44.5 Å². The fourth-order valence-corrected chi connectivity index (χ4v) is 6.44. The van der Waals surface area contributed by atoms with Gasteiger partial charge in [0.05, 0.1) is 41.2 Å². The van der Waals surface area contributed by atoms with Crippen LogP contribution in [-0.2, 0) is 16.1 Å². The first-order chi connectivity index (χ1) is 23.6. The lowest BCUT2D eigenvalue weighted by atomic mass is 10.0. The minimum atomic E-state index is -0.368. The number of nitrogens with zero attached hydrogens (tertiary/aromatic N) is 5. The van der Waals surface area contributed by atoms with E-state index in [1.165, 1.54) is 26.4 Å². The Balaban J connectivity index is 1.56. The SMILES string of the molecule is C=CC(=O)Nc1cccc(C)c1Nc1ncc2cc(-c3c(Cl)c(OC)cc(OC)c3Cl)c(=O)n(CCCN3CCN(C(=O)C=C)CC3)c2n1. The Labute approximate surface area is 293 Å². The van der Waals surface area contributed by atoms with Crippen LogP contribution >= 0.6 is 23.2 Å². The summed E-state index contributed by atoms with van der Waals surface area (Å²) in [5.74, 6) is 0.373. The van der Waals surface area contributed by atoms with Crippen LogP contribution in [0.5, 0.6) is 11.5 Å². The molecule has 14 heteroatoms. The van der Waals surface area contributed by atoms with Crippen molar-refractivity contribution in [2.75, 3.05) is 57.6 Å². The number of rotatable bonds is 12. The Hall–Kier alpha value is -4.91. The van der Waals surface area contributed by atoms with Gasteiger partial charge in [-0.25, -0.2) is 4.98 Å². The first kappa shape index (κ1) is 35.4. The molecule has 0 spiro atoms. The molecule has 256 valence electrons. The van der Waals surface area contributed by atoms with Crippen LogP contribution in [0.1, 0.15) is 12.0 Å². The summed E-state index contributed by atoms with van der Waals surface area (Å²) in [6, 6.07) is 8.68. The highest BCUT2D eigenvalue weighted by Crippen LogP contribution is 2.45. The second-order valence-corrected chi connectivity index (χ2v) is 12.1. The Morgan fingerprint density at radius 2 is 1.69 bits per heavy atom. The number of ether oxygens (including phenoxy) is 2. The van der Waals surface area contributed by atoms with Crippen LogP contribution in [0.4, 0.5) is 17.3 Å². The molecule has 2 N–H and O–H groups in total. The number of hydrogen-bond donors (Lipinski definition) is 2. The standard InChI is InChI=1S/C35H37Cl2N7O5/c1-6-27(45)39-24-11-8-10-21(3)32(24)40-35-38-20-22-18-23(29-30(36)25(48-4)19-26(49-5)31(29)37)34(47)44(33(22)41-35)13-9-12-42-14-16-43(17-15-42)28(46)7-2/h6-8,10-11,18-20H,1-2,9,12-17H2,3-5H3,(H,39,45)(H,38,40,41). The van der Waals surface area contributed by atoms with E-state index in [2.05, 4.69) is 33.7 Å². The van der Waals surface area contributed by atoms with Crippen LogP contribution in [0.15, 0.2) is 66.6 Å². The fourth-order valence-electron chi connectivity index (χ4n) is 5.73. The molecule has 0 bridgehead atoms. The zero-order valence-corrected chi connectivity index (χ0v) is 29.0. The number of benzene rings is 2. The van der Waals surface area contributed by atoms with E-state index in [9.17, 15) is 14.4 Å². The summed E-state index contributed by atoms with van der Waals surface area (Å²) in [5, 5.41) is 6.91. The van der Waals surface area contributed by atoms with Crippen LogP contribution in [0.2, 0.25) is 10.0 Å². The monoisotopic (exact) mass is 705 g/mol. The van der Waals surface area contributed by atoms with Crippen molar-refractivity contribution >= 4 is 63.4 Å². The third-order valence-electron chi connectivity index (χ3n) is 8.34. The molecule has 0 saturated carbocycles. The van der Waals surface area contributed by atoms with Gasteiger partial charge < -0.3 is 25.0 Å². The van der Waals surface area contributed by atoms with Gasteiger partial charge in [0.25, 0.3) is 5.56 Å². The number of piperazine rings is 1. The van der Waals surface area contributed by atoms with Crippen molar-refractivity contribution in [3.8, 4) is 22.6 Å². The summed E-state index contributed by atoms with van der Waals surface area (Å²) in [6.07, 6.45) is 4.74. The topological polar surface area (TPSA) is 131 Å². The zero-order chi connectivity index (χ0) is 35.2. The molecule has 5 rings (SSSR count). The Morgan fingerprint density at radius 3 is 2.33 bits per heavy atom. The highest BCUT2D eigenvalue weighted by Gasteiger charge is 2.24. The van der Waals surface area contributed by atoms with E-state index < -0.39 is 0 Å². The minimum Gasteiger partial charge on any atom is -0.495 e. The van der Waals surface area contributed by atoms with Gasteiger partial charge in [-0.1, -0.05) is 48.5 Å². The second kappa shape index (κ2) is 15.5. The average Bonchev–Trinajstić information content (AvgIpc) is 3.11. The van der Waals surface area contributed by atoms with Crippen molar-refractivity contribution < 1.29 is 19.1 Å². The normalized spacial score (nSPS) is 13.2. The van der Waals surface area contributed by atoms with Crippen molar-refractivity contribution in [2.45, 2.75) is 19.9 Å². The largest absolute Gasteiger partial charge is 0.495 e. The molecular formula is C35H37Cl2N7O5. The van der Waals surface area contributed by atoms with Crippen molar-refractivity contribution in [2.24, 2.45) is 0 Å². The molecule has 2 amide bonds. The fraction of sp³-hybridized carbons (Fsp3) is 0.286. The highest BCUT2D eigenvalue weighted by molar-refractivity contribution is 6.41. The van der Waals surface area contributed by atoms with Gasteiger partial charge in [-0.15, -0.1) is 0 Å². The lowest BCUT2D eigenvalue weighted by Crippen LogP contribution is -2.48. The number of amides is 2. The molecule has 3 heterocycles. The molecule has 1 fully saturated rings. The van der Waals surface area contributed by atoms with Gasteiger partial charge in [0, 0.05) is 55.9 Å². The first-order valence-electron chi connectivity index (χ1n) is 15.5. The number of nitrogens with one attached hydrogen (secondary N) is 2. The maximum Gasteiger partial charge on any atom is 0.260 e. The third kappa shape index (κ3) is 7.56. The number of carbonyl (C=O) groups is 2. The van der Waals surface area contributed by atoms with E-state index in [1.54, 1.807) is 33.9 Å². The number of aromatic nitrogens is 3. The number of methoxy groups -OCH3 is 2. The first-order valence-corrected chi connectivity index (χ1v) is 16.3. The van der Waals surface area contributed by atoms with Crippen LogP contribution in [0.25, 0.3) is 22.2 Å². The molecule has 0 radical (unpaired) electrons. The van der Waals surface area contributed by atoms with Crippen molar-refractivity contribution in [1.82, 2.24) is 24.3 Å². The molecule has 12 nitrogen and oxygen atoms in total. The lowest BCUT2D eigenvalue weighted by Gasteiger charge is -2.34. The van der Waals surface area contributed by atoms with Crippen molar-refractivity contribution in [3.05, 3.63) is 87.8 Å². The van der Waals surface area contributed by atoms with E-state index in [4.69, 9.17) is 37.7 Å². The quantitative estimate of drug-likeness (QED) is 0.179. The summed E-state index contributed by atoms with van der Waals surface area (Å²) in [7, 11) is 2.93. The van der Waals surface area contributed by atoms with Gasteiger partial charge in [-0.2, -0.15) is 4.98 Å². The molecule has 2 aromatic carbocycles. The Bertz CT molecular complexity index is 1960. The Morgan fingerprint density at radius 1 is 1.00 bits per heavy atom. The molecule has 0 atom stereocenters. The van der Waals surface area contributed by atoms with Crippen LogP contribution < -0.4 is 25.7 Å². The zero-order valence-electron chi connectivity index (χ0n) is 27.5. The molecule has 1 saturated heterocycles. The van der Waals surface area contributed by atoms with Gasteiger partial charge in [-0.3, -0.25) is 23.9 Å². The molecule has 1 aliphatic heterocycles. The van der Waals surface area contributed by atoms with Gasteiger partial charge >= 0.3 is 0 Å². The lowest BCUT2D eigenvalue weighted by molar-refractivity contribution is -0.127. The summed E-state index contributed by atoms with van der Waals surface area (Å²) >= 11 is 13.5. The number of pyridine rings is 1. The maximum atomic E-state index is 14.4. The number of aryl methyl sites for hydroxylation is 2. The number of halogens is 2. The molecular weight excluding hydrogens is 669 g/mol. The molecule has 0 unspecified atom stereocenters. The molecule has 0 aliphatic carbocycles.